The summed E-state index contributed by atoms with van der Waals surface area (Å²) in [5.41, 5.74) is 4.58. The smallest absolute Gasteiger partial charge is 0.220 e. The van der Waals surface area contributed by atoms with Crippen molar-refractivity contribution >= 4 is 0 Å². The van der Waals surface area contributed by atoms with Gasteiger partial charge in [-0.2, -0.15) is 10.1 Å². The molecular formula is C17H23N5O. The second-order valence-electron chi connectivity index (χ2n) is 6.83. The van der Waals surface area contributed by atoms with Crippen molar-refractivity contribution in [2.45, 2.75) is 46.3 Å². The molecule has 0 saturated carbocycles. The van der Waals surface area contributed by atoms with Crippen LogP contribution in [0.5, 0.6) is 5.88 Å². The normalized spacial score (nSPS) is 21.1. The Kier molecular flexibility index (Phi) is 3.37. The molecule has 0 amide bonds. The fourth-order valence-electron chi connectivity index (χ4n) is 3.72. The first-order valence-electron chi connectivity index (χ1n) is 8.25. The van der Waals surface area contributed by atoms with E-state index in [1.807, 2.05) is 13.8 Å². The second-order valence-corrected chi connectivity index (χ2v) is 6.83. The molecule has 0 aromatic carbocycles. The lowest BCUT2D eigenvalue weighted by Gasteiger charge is -2.40. The Bertz CT molecular complexity index is 748. The quantitative estimate of drug-likeness (QED) is 0.864. The van der Waals surface area contributed by atoms with Crippen molar-refractivity contribution in [1.82, 2.24) is 24.6 Å². The number of nitrogens with zero attached hydrogens (tertiary/aromatic N) is 5. The molecule has 0 unspecified atom stereocenters. The highest BCUT2D eigenvalue weighted by molar-refractivity contribution is 5.34. The predicted molar refractivity (Wildman–Crippen MR) is 86.8 cm³/mol. The Morgan fingerprint density at radius 1 is 1.17 bits per heavy atom. The molecule has 6 nitrogen and oxygen atoms in total. The van der Waals surface area contributed by atoms with Gasteiger partial charge in [-0.05, 0) is 33.8 Å². The van der Waals surface area contributed by atoms with Gasteiger partial charge < -0.3 is 4.74 Å². The van der Waals surface area contributed by atoms with Gasteiger partial charge in [0.25, 0.3) is 0 Å². The van der Waals surface area contributed by atoms with E-state index in [1.165, 1.54) is 11.3 Å². The average molecular weight is 313 g/mol. The van der Waals surface area contributed by atoms with E-state index in [4.69, 9.17) is 4.74 Å². The maximum atomic E-state index is 6.03. The zero-order valence-electron chi connectivity index (χ0n) is 14.2. The molecular weight excluding hydrogens is 290 g/mol. The van der Waals surface area contributed by atoms with Gasteiger partial charge in [-0.25, -0.2) is 4.98 Å². The van der Waals surface area contributed by atoms with E-state index in [9.17, 15) is 0 Å². The number of hydrogen-bond donors (Lipinski definition) is 0. The molecule has 2 aliphatic rings. The van der Waals surface area contributed by atoms with Crippen molar-refractivity contribution in [3.63, 3.8) is 0 Å². The molecule has 0 spiro atoms. The van der Waals surface area contributed by atoms with Crippen molar-refractivity contribution in [3.05, 3.63) is 34.5 Å². The first kappa shape index (κ1) is 14.6. The van der Waals surface area contributed by atoms with Crippen LogP contribution in [0.3, 0.4) is 0 Å². The third-order valence-corrected chi connectivity index (χ3v) is 4.79. The molecule has 2 aromatic rings. The summed E-state index contributed by atoms with van der Waals surface area (Å²) in [4.78, 5) is 11.3. The maximum absolute atomic E-state index is 6.03. The molecule has 2 aliphatic heterocycles. The van der Waals surface area contributed by atoms with E-state index in [0.717, 1.165) is 49.1 Å². The van der Waals surface area contributed by atoms with Crippen LogP contribution in [0.1, 0.15) is 34.5 Å². The fraction of sp³-hybridized carbons (Fsp3) is 0.588. The molecule has 4 rings (SSSR count). The molecule has 2 aromatic heterocycles. The van der Waals surface area contributed by atoms with Crippen LogP contribution in [0.4, 0.5) is 0 Å². The Hall–Kier alpha value is -1.95. The van der Waals surface area contributed by atoms with Crippen LogP contribution in [-0.4, -0.2) is 50.4 Å². The number of likely N-dealkylation sites (tertiary alicyclic amines) is 1. The molecule has 0 N–H and O–H groups in total. The Balaban J connectivity index is 1.35. The first-order chi connectivity index (χ1) is 11.0. The summed E-state index contributed by atoms with van der Waals surface area (Å²) < 4.78 is 8.19. The summed E-state index contributed by atoms with van der Waals surface area (Å²) in [6.45, 7) is 11.2. The molecule has 0 aliphatic carbocycles. The number of aromatic nitrogens is 4. The molecule has 23 heavy (non-hydrogen) atoms. The van der Waals surface area contributed by atoms with E-state index >= 15 is 0 Å². The van der Waals surface area contributed by atoms with Crippen LogP contribution in [-0.2, 0) is 6.42 Å². The van der Waals surface area contributed by atoms with E-state index in [0.29, 0.717) is 6.04 Å². The number of fused-ring (bicyclic) bond motifs is 1. The van der Waals surface area contributed by atoms with Crippen LogP contribution in [0, 0.1) is 27.7 Å². The molecule has 0 bridgehead atoms. The molecule has 0 radical (unpaired) electrons. The van der Waals surface area contributed by atoms with Crippen LogP contribution < -0.4 is 4.74 Å². The zero-order valence-corrected chi connectivity index (χ0v) is 14.2. The lowest BCUT2D eigenvalue weighted by atomic mass is 10.1. The zero-order chi connectivity index (χ0) is 16.1. The van der Waals surface area contributed by atoms with Crippen molar-refractivity contribution < 1.29 is 4.74 Å². The van der Waals surface area contributed by atoms with Gasteiger partial charge in [-0.1, -0.05) is 0 Å². The molecule has 4 heterocycles. The van der Waals surface area contributed by atoms with E-state index in [2.05, 4.69) is 44.6 Å². The third kappa shape index (κ3) is 2.61. The highest BCUT2D eigenvalue weighted by atomic mass is 16.5. The van der Waals surface area contributed by atoms with Gasteiger partial charge in [0.15, 0.2) is 0 Å². The Morgan fingerprint density at radius 2 is 1.96 bits per heavy atom. The van der Waals surface area contributed by atoms with E-state index < -0.39 is 0 Å². The van der Waals surface area contributed by atoms with Crippen LogP contribution in [0.2, 0.25) is 0 Å². The van der Waals surface area contributed by atoms with Gasteiger partial charge in [-0.3, -0.25) is 9.58 Å². The van der Waals surface area contributed by atoms with Crippen LogP contribution >= 0.6 is 0 Å². The largest absolute Gasteiger partial charge is 0.472 e. The standard InChI is InChI=1S/C17H23N5O/c1-10-5-11(2)22(20-10)14-7-21(8-14)9-15-6-16-12(3)18-13(4)19-17(16)23-15/h5,14-15H,6-9H2,1-4H3/t15-/m0/s1. The highest BCUT2D eigenvalue weighted by Gasteiger charge is 2.34. The highest BCUT2D eigenvalue weighted by Crippen LogP contribution is 2.31. The number of aryl methyl sites for hydroxylation is 4. The SMILES string of the molecule is Cc1cc(C)n(C2CN(C[C@@H]3Cc4c(C)nc(C)nc4O3)C2)n1. The molecule has 1 atom stereocenters. The van der Waals surface area contributed by atoms with Crippen LogP contribution in [0.15, 0.2) is 6.07 Å². The summed E-state index contributed by atoms with van der Waals surface area (Å²) in [6.07, 6.45) is 1.11. The van der Waals surface area contributed by atoms with Gasteiger partial charge in [0.1, 0.15) is 11.9 Å². The van der Waals surface area contributed by atoms with Gasteiger partial charge in [0.2, 0.25) is 5.88 Å². The second kappa shape index (κ2) is 5.30. The van der Waals surface area contributed by atoms with Crippen molar-refractivity contribution in [3.8, 4) is 5.88 Å². The number of ether oxygens (including phenoxy) is 1. The molecule has 1 fully saturated rings. The topological polar surface area (TPSA) is 56.1 Å². The predicted octanol–water partition coefficient (Wildman–Crippen LogP) is 1.77. The minimum absolute atomic E-state index is 0.196. The average Bonchev–Trinajstić information content (AvgIpc) is 2.96. The molecule has 122 valence electrons. The fourth-order valence-corrected chi connectivity index (χ4v) is 3.72. The van der Waals surface area contributed by atoms with Crippen molar-refractivity contribution in [2.75, 3.05) is 19.6 Å². The third-order valence-electron chi connectivity index (χ3n) is 4.79. The Labute approximate surface area is 136 Å². The van der Waals surface area contributed by atoms with Crippen LogP contribution in [0.25, 0.3) is 0 Å². The maximum Gasteiger partial charge on any atom is 0.220 e. The minimum atomic E-state index is 0.196. The van der Waals surface area contributed by atoms with Gasteiger partial charge >= 0.3 is 0 Å². The first-order valence-corrected chi connectivity index (χ1v) is 8.25. The van der Waals surface area contributed by atoms with E-state index in [1.54, 1.807) is 0 Å². The number of rotatable bonds is 3. The van der Waals surface area contributed by atoms with E-state index in [-0.39, 0.29) is 6.10 Å². The Morgan fingerprint density at radius 3 is 2.65 bits per heavy atom. The summed E-state index contributed by atoms with van der Waals surface area (Å²) in [7, 11) is 0. The summed E-state index contributed by atoms with van der Waals surface area (Å²) in [6, 6.07) is 2.64. The monoisotopic (exact) mass is 313 g/mol. The van der Waals surface area contributed by atoms with Gasteiger partial charge in [0.05, 0.1) is 11.7 Å². The summed E-state index contributed by atoms with van der Waals surface area (Å²) >= 11 is 0. The van der Waals surface area contributed by atoms with Crippen molar-refractivity contribution in [2.24, 2.45) is 0 Å². The molecule has 1 saturated heterocycles. The summed E-state index contributed by atoms with van der Waals surface area (Å²) in [5, 5.41) is 4.59. The van der Waals surface area contributed by atoms with Crippen molar-refractivity contribution in [1.29, 1.82) is 0 Å². The van der Waals surface area contributed by atoms with Gasteiger partial charge in [-0.15, -0.1) is 0 Å². The van der Waals surface area contributed by atoms with Gasteiger partial charge in [0, 0.05) is 43.0 Å². The number of hydrogen-bond acceptors (Lipinski definition) is 5. The lowest BCUT2D eigenvalue weighted by molar-refractivity contribution is 0.0553. The summed E-state index contributed by atoms with van der Waals surface area (Å²) in [5.74, 6) is 1.58. The molecule has 6 heteroatoms. The lowest BCUT2D eigenvalue weighted by Crippen LogP contribution is -2.51. The minimum Gasteiger partial charge on any atom is -0.472 e.